The molecule has 212 valence electrons. The smallest absolute Gasteiger partial charge is 0.266 e. The van der Waals surface area contributed by atoms with Crippen LogP contribution in [-0.4, -0.2) is 54.8 Å². The average Bonchev–Trinajstić information content (AvgIpc) is 3.37. The molecule has 0 saturated heterocycles. The van der Waals surface area contributed by atoms with Crippen LogP contribution in [0.5, 0.6) is 5.75 Å². The van der Waals surface area contributed by atoms with E-state index in [0.717, 1.165) is 11.1 Å². The predicted octanol–water partition coefficient (Wildman–Crippen LogP) is 5.21. The average molecular weight is 555 g/mol. The molecule has 0 saturated carbocycles. The molecule has 1 heterocycles. The maximum Gasteiger partial charge on any atom is 0.266 e. The van der Waals surface area contributed by atoms with Gasteiger partial charge in [0.15, 0.2) is 11.6 Å². The van der Waals surface area contributed by atoms with E-state index in [2.05, 4.69) is 15.5 Å². The summed E-state index contributed by atoms with van der Waals surface area (Å²) in [5.41, 5.74) is 13.6. The number of aliphatic hydroxyl groups is 1. The van der Waals surface area contributed by atoms with Crippen LogP contribution < -0.4 is 10.2 Å². The number of ether oxygens (including phenoxy) is 2. The van der Waals surface area contributed by atoms with Crippen LogP contribution >= 0.6 is 0 Å². The van der Waals surface area contributed by atoms with Crippen molar-refractivity contribution in [1.29, 1.82) is 0 Å². The van der Waals surface area contributed by atoms with Gasteiger partial charge in [0.05, 0.1) is 13.2 Å². The normalized spacial score (nSPS) is 18.0. The Hall–Kier alpha value is -4.63. The summed E-state index contributed by atoms with van der Waals surface area (Å²) in [6, 6.07) is 24.6. The van der Waals surface area contributed by atoms with E-state index in [0.29, 0.717) is 35.8 Å². The second-order valence-corrected chi connectivity index (χ2v) is 9.73. The molecule has 2 N–H and O–H groups in total. The number of rotatable bonds is 13. The first kappa shape index (κ1) is 29.4. The molecule has 0 radical (unpaired) electrons. The highest BCUT2D eigenvalue weighted by Crippen LogP contribution is 2.44. The van der Waals surface area contributed by atoms with E-state index in [1.165, 1.54) is 0 Å². The number of aliphatic imine (C=N–C) groups is 1. The zero-order chi connectivity index (χ0) is 29.1. The Kier molecular flexibility index (Phi) is 10.1. The Morgan fingerprint density at radius 1 is 1.15 bits per heavy atom. The summed E-state index contributed by atoms with van der Waals surface area (Å²) in [6.45, 7) is 0.562. The fourth-order valence-corrected chi connectivity index (χ4v) is 4.57. The highest BCUT2D eigenvalue weighted by Gasteiger charge is 2.53. The van der Waals surface area contributed by atoms with Crippen molar-refractivity contribution in [2.45, 2.75) is 31.0 Å². The van der Waals surface area contributed by atoms with Gasteiger partial charge in [0.25, 0.3) is 5.91 Å². The molecule has 10 nitrogen and oxygen atoms in total. The van der Waals surface area contributed by atoms with Crippen molar-refractivity contribution in [1.82, 2.24) is 10.4 Å². The van der Waals surface area contributed by atoms with Crippen LogP contribution in [0.15, 0.2) is 95.0 Å². The molecule has 0 aromatic heterocycles. The molecule has 0 spiro atoms. The topological polar surface area (TPSA) is 132 Å². The molecule has 0 unspecified atom stereocenters. The van der Waals surface area contributed by atoms with Crippen LogP contribution in [0, 0.1) is 0 Å². The number of carbonyl (C=O) groups excluding carboxylic acids is 1. The van der Waals surface area contributed by atoms with E-state index in [-0.39, 0.29) is 25.5 Å². The first-order valence-corrected chi connectivity index (χ1v) is 13.4. The molecule has 2 atom stereocenters. The number of hydrogen-bond acceptors (Lipinski definition) is 7. The van der Waals surface area contributed by atoms with Gasteiger partial charge in [-0.05, 0) is 46.5 Å². The predicted molar refractivity (Wildman–Crippen MR) is 158 cm³/mol. The molecule has 4 rings (SSSR count). The summed E-state index contributed by atoms with van der Waals surface area (Å²) >= 11 is 0. The van der Waals surface area contributed by atoms with Gasteiger partial charge in [0, 0.05) is 44.0 Å². The molecule has 3 aromatic rings. The summed E-state index contributed by atoms with van der Waals surface area (Å²) in [4.78, 5) is 21.9. The van der Waals surface area contributed by atoms with Gasteiger partial charge in [0.1, 0.15) is 5.75 Å². The minimum absolute atomic E-state index is 0.0566. The lowest BCUT2D eigenvalue weighted by molar-refractivity contribution is -0.132. The van der Waals surface area contributed by atoms with Gasteiger partial charge in [0.2, 0.25) is 5.90 Å². The molecule has 0 bridgehead atoms. The van der Waals surface area contributed by atoms with E-state index < -0.39 is 11.6 Å². The molecule has 1 aliphatic heterocycles. The number of hydrazine groups is 1. The highest BCUT2D eigenvalue weighted by atomic mass is 16.5. The Morgan fingerprint density at radius 3 is 2.59 bits per heavy atom. The van der Waals surface area contributed by atoms with Gasteiger partial charge >= 0.3 is 0 Å². The van der Waals surface area contributed by atoms with E-state index >= 15 is 0 Å². The largest absolute Gasteiger partial charge is 0.494 e. The maximum atomic E-state index is 14.0. The van der Waals surface area contributed by atoms with Gasteiger partial charge in [-0.25, -0.2) is 10.0 Å². The molecular formula is C31H34N6O4. The Balaban J connectivity index is 1.79. The van der Waals surface area contributed by atoms with Crippen LogP contribution in [0.25, 0.3) is 16.5 Å². The van der Waals surface area contributed by atoms with Crippen LogP contribution in [0.1, 0.15) is 41.2 Å². The number of carbonyl (C=O) groups is 1. The summed E-state index contributed by atoms with van der Waals surface area (Å²) in [7, 11) is 3.48. The van der Waals surface area contributed by atoms with Crippen LogP contribution in [-0.2, 0) is 16.1 Å². The molecule has 0 aliphatic carbocycles. The summed E-state index contributed by atoms with van der Waals surface area (Å²) in [6.07, 6.45) is 3.87. The van der Waals surface area contributed by atoms with Crippen molar-refractivity contribution < 1.29 is 19.4 Å². The van der Waals surface area contributed by atoms with Gasteiger partial charge in [-0.15, -0.1) is 0 Å². The molecular weight excluding hydrogens is 520 g/mol. The van der Waals surface area contributed by atoms with E-state index in [1.54, 1.807) is 31.2 Å². The molecule has 1 aliphatic rings. The SMILES string of the molecule is CN(C)NC(=O)[C@@]1(C/C=C/c2ccccc2)N=C(c2ccc(OCCCO)cc2)O[C@H]1c1ccccc1CN=[N+]=[N-]. The lowest BCUT2D eigenvalue weighted by Crippen LogP contribution is -2.52. The second-order valence-electron chi connectivity index (χ2n) is 9.73. The summed E-state index contributed by atoms with van der Waals surface area (Å²) in [5, 5.41) is 14.4. The molecule has 3 aromatic carbocycles. The number of benzene rings is 3. The quantitative estimate of drug-likeness (QED) is 0.0984. The minimum atomic E-state index is -1.37. The third-order valence-corrected chi connectivity index (χ3v) is 6.54. The molecule has 1 amide bonds. The van der Waals surface area contributed by atoms with Gasteiger partial charge in [-0.2, -0.15) is 0 Å². The van der Waals surface area contributed by atoms with Gasteiger partial charge < -0.3 is 14.6 Å². The monoisotopic (exact) mass is 554 g/mol. The number of nitrogens with zero attached hydrogens (tertiary/aromatic N) is 5. The van der Waals surface area contributed by atoms with Crippen molar-refractivity contribution in [2.75, 3.05) is 27.3 Å². The zero-order valence-electron chi connectivity index (χ0n) is 23.2. The summed E-state index contributed by atoms with van der Waals surface area (Å²) in [5.74, 6) is 0.639. The van der Waals surface area contributed by atoms with Crippen molar-refractivity contribution in [3.63, 3.8) is 0 Å². The number of aliphatic hydroxyl groups excluding tert-OH is 1. The first-order valence-electron chi connectivity index (χ1n) is 13.4. The number of azide groups is 1. The first-order chi connectivity index (χ1) is 20.0. The minimum Gasteiger partial charge on any atom is -0.494 e. The Bertz CT molecular complexity index is 1420. The molecule has 10 heteroatoms. The third kappa shape index (κ3) is 7.32. The fraction of sp³-hybridized carbons (Fsp3) is 0.290. The number of amides is 1. The van der Waals surface area contributed by atoms with E-state index in [1.807, 2.05) is 78.9 Å². The Morgan fingerprint density at radius 2 is 1.88 bits per heavy atom. The van der Waals surface area contributed by atoms with Crippen molar-refractivity contribution in [3.05, 3.63) is 118 Å². The van der Waals surface area contributed by atoms with Crippen molar-refractivity contribution >= 4 is 17.9 Å². The number of hydrogen-bond donors (Lipinski definition) is 2. The second kappa shape index (κ2) is 14.1. The zero-order valence-corrected chi connectivity index (χ0v) is 23.2. The van der Waals surface area contributed by atoms with Gasteiger partial charge in [-0.3, -0.25) is 10.2 Å². The van der Waals surface area contributed by atoms with Crippen LogP contribution in [0.4, 0.5) is 0 Å². The van der Waals surface area contributed by atoms with Crippen LogP contribution in [0.3, 0.4) is 0 Å². The third-order valence-electron chi connectivity index (χ3n) is 6.54. The lowest BCUT2D eigenvalue weighted by Gasteiger charge is -2.31. The van der Waals surface area contributed by atoms with Gasteiger partial charge in [-0.1, -0.05) is 71.9 Å². The van der Waals surface area contributed by atoms with Crippen molar-refractivity contribution in [3.8, 4) is 5.75 Å². The van der Waals surface area contributed by atoms with Crippen LogP contribution in [0.2, 0.25) is 0 Å². The van der Waals surface area contributed by atoms with E-state index in [9.17, 15) is 4.79 Å². The molecule has 41 heavy (non-hydrogen) atoms. The highest BCUT2D eigenvalue weighted by molar-refractivity contribution is 6.01. The number of nitrogens with one attached hydrogen (secondary N) is 1. The maximum absolute atomic E-state index is 14.0. The fourth-order valence-electron chi connectivity index (χ4n) is 4.57. The lowest BCUT2D eigenvalue weighted by atomic mass is 9.82. The molecule has 0 fully saturated rings. The van der Waals surface area contributed by atoms with Crippen molar-refractivity contribution in [2.24, 2.45) is 10.1 Å². The Labute approximate surface area is 239 Å². The standard InChI is InChI=1S/C31H34N6O4/c1-37(2)35-30(39)31(19-8-12-23-10-4-3-5-11-23)28(27-14-7-6-13-25(27)22-33-36-32)41-29(34-31)24-15-17-26(18-16-24)40-21-9-20-38/h3-8,10-18,28,38H,9,19-22H2,1-2H3,(H,35,39)/b12-8+/t28-,31-/m0/s1. The summed E-state index contributed by atoms with van der Waals surface area (Å²) < 4.78 is 12.2. The van der Waals surface area contributed by atoms with E-state index in [4.69, 9.17) is 25.1 Å².